The first-order valence-electron chi connectivity index (χ1n) is 9.21. The van der Waals surface area contributed by atoms with Gasteiger partial charge in [-0.3, -0.25) is 9.79 Å². The third-order valence-corrected chi connectivity index (χ3v) is 7.17. The zero-order valence-corrected chi connectivity index (χ0v) is 19.1. The highest BCUT2D eigenvalue weighted by Crippen LogP contribution is 2.34. The normalized spacial score (nSPS) is 12.3. The molecule has 2 aromatic heterocycles. The number of hydrogen-bond acceptors (Lipinski definition) is 9. The molecule has 0 bridgehead atoms. The summed E-state index contributed by atoms with van der Waals surface area (Å²) in [7, 11) is 1.51. The van der Waals surface area contributed by atoms with Gasteiger partial charge in [0.2, 0.25) is 5.91 Å². The fourth-order valence-electron chi connectivity index (χ4n) is 2.67. The zero-order valence-electron chi connectivity index (χ0n) is 16.6. The summed E-state index contributed by atoms with van der Waals surface area (Å²) in [5, 5.41) is 15.1. The molecular weight excluding hydrogens is 452 g/mol. The molecule has 0 aliphatic rings. The lowest BCUT2D eigenvalue weighted by Gasteiger charge is -2.07. The highest BCUT2D eigenvalue weighted by Gasteiger charge is 2.18. The van der Waals surface area contributed by atoms with E-state index in [1.54, 1.807) is 30.6 Å². The Morgan fingerprint density at radius 3 is 3.00 bits per heavy atom. The van der Waals surface area contributed by atoms with Gasteiger partial charge in [-0.1, -0.05) is 17.8 Å². The maximum atomic E-state index is 12.3. The number of ether oxygens (including phenoxy) is 1. The van der Waals surface area contributed by atoms with Gasteiger partial charge in [-0.2, -0.15) is 0 Å². The fraction of sp³-hybridized carbons (Fsp3) is 0.143. The van der Waals surface area contributed by atoms with Gasteiger partial charge >= 0.3 is 0 Å². The Kier molecular flexibility index (Phi) is 6.50. The number of thiazole rings is 2. The topological polar surface area (TPSA) is 96.7 Å². The van der Waals surface area contributed by atoms with E-state index in [-0.39, 0.29) is 16.9 Å². The number of methoxy groups -OCH3 is 1. The van der Waals surface area contributed by atoms with Crippen molar-refractivity contribution >= 4 is 67.6 Å². The molecule has 2 heterocycles. The predicted octanol–water partition coefficient (Wildman–Crippen LogP) is 5.34. The molecule has 2 aromatic carbocycles. The van der Waals surface area contributed by atoms with Crippen LogP contribution in [0.15, 0.2) is 57.3 Å². The van der Waals surface area contributed by atoms with Gasteiger partial charge in [-0.05, 0) is 37.3 Å². The van der Waals surface area contributed by atoms with E-state index in [0.29, 0.717) is 16.4 Å². The van der Waals surface area contributed by atoms with Crippen molar-refractivity contribution in [2.45, 2.75) is 16.5 Å². The Bertz CT molecular complexity index is 1240. The van der Waals surface area contributed by atoms with Crippen molar-refractivity contribution in [3.05, 3.63) is 53.5 Å². The van der Waals surface area contributed by atoms with Crippen molar-refractivity contribution in [2.75, 3.05) is 12.4 Å². The maximum Gasteiger partial charge on any atom is 0.239 e. The number of carbonyl (C=O) groups excluding carboxylic acids is 1. The SMILES string of the molecule is COc1cccc(C=Nc2ccc3nc(S[C@@H](C)C(=O)Nc4nccs4)sc3c2)c1O. The number of nitrogens with one attached hydrogen (secondary N) is 1. The van der Waals surface area contributed by atoms with E-state index >= 15 is 0 Å². The number of thioether (sulfide) groups is 1. The van der Waals surface area contributed by atoms with Gasteiger partial charge in [0.15, 0.2) is 21.0 Å². The average Bonchev–Trinajstić information content (AvgIpc) is 3.41. The summed E-state index contributed by atoms with van der Waals surface area (Å²) in [5.74, 6) is 0.343. The minimum Gasteiger partial charge on any atom is -0.504 e. The molecule has 0 fully saturated rings. The van der Waals surface area contributed by atoms with Crippen molar-refractivity contribution in [2.24, 2.45) is 4.99 Å². The van der Waals surface area contributed by atoms with Crippen LogP contribution < -0.4 is 10.1 Å². The lowest BCUT2D eigenvalue weighted by atomic mass is 10.2. The summed E-state index contributed by atoms with van der Waals surface area (Å²) in [6.07, 6.45) is 3.25. The van der Waals surface area contributed by atoms with Crippen molar-refractivity contribution in [1.82, 2.24) is 9.97 Å². The van der Waals surface area contributed by atoms with Crippen LogP contribution in [0.5, 0.6) is 11.5 Å². The first-order chi connectivity index (χ1) is 15.0. The van der Waals surface area contributed by atoms with Crippen LogP contribution in [0.2, 0.25) is 0 Å². The molecule has 1 amide bonds. The number of anilines is 1. The Labute approximate surface area is 190 Å². The maximum absolute atomic E-state index is 12.3. The molecule has 4 aromatic rings. The number of rotatable bonds is 7. The van der Waals surface area contributed by atoms with Gasteiger partial charge in [0.05, 0.1) is 28.3 Å². The zero-order chi connectivity index (χ0) is 21.8. The molecule has 10 heteroatoms. The van der Waals surface area contributed by atoms with E-state index in [4.69, 9.17) is 4.74 Å². The Morgan fingerprint density at radius 1 is 1.35 bits per heavy atom. The van der Waals surface area contributed by atoms with Crippen LogP contribution >= 0.6 is 34.4 Å². The lowest BCUT2D eigenvalue weighted by Crippen LogP contribution is -2.22. The number of aliphatic imine (C=N–C) groups is 1. The molecule has 0 aliphatic heterocycles. The number of aromatic nitrogens is 2. The second-order valence-electron chi connectivity index (χ2n) is 6.37. The monoisotopic (exact) mass is 470 g/mol. The number of amides is 1. The number of phenolic OH excluding ortho intramolecular Hbond substituents is 1. The molecule has 2 N–H and O–H groups in total. The Morgan fingerprint density at radius 2 is 2.23 bits per heavy atom. The van der Waals surface area contributed by atoms with Gasteiger partial charge in [0, 0.05) is 23.4 Å². The highest BCUT2D eigenvalue weighted by molar-refractivity contribution is 8.02. The Hall–Kier alpha value is -2.95. The molecule has 158 valence electrons. The quantitative estimate of drug-likeness (QED) is 0.280. The average molecular weight is 471 g/mol. The van der Waals surface area contributed by atoms with Crippen molar-refractivity contribution in [3.8, 4) is 11.5 Å². The van der Waals surface area contributed by atoms with Gasteiger partial charge in [-0.25, -0.2) is 9.97 Å². The first-order valence-corrected chi connectivity index (χ1v) is 11.8. The van der Waals surface area contributed by atoms with Gasteiger partial charge in [0.1, 0.15) is 0 Å². The number of aromatic hydroxyl groups is 1. The summed E-state index contributed by atoms with van der Waals surface area (Å²) in [6.45, 7) is 1.84. The molecule has 1 atom stereocenters. The standard InChI is InChI=1S/C21H18N4O3S3/c1-12(19(27)25-20-22-8-9-29-20)30-21-24-15-7-6-14(10-17(15)31-21)23-11-13-4-3-5-16(28-2)18(13)26/h3-12,26H,1-2H3,(H,22,25,27)/t12-/m0/s1. The second kappa shape index (κ2) is 9.46. The van der Waals surface area contributed by atoms with E-state index in [2.05, 4.69) is 20.3 Å². The Balaban J connectivity index is 1.47. The number of fused-ring (bicyclic) bond motifs is 1. The van der Waals surface area contributed by atoms with Gasteiger partial charge in [0.25, 0.3) is 0 Å². The third-order valence-electron chi connectivity index (χ3n) is 4.26. The summed E-state index contributed by atoms with van der Waals surface area (Å²) >= 11 is 4.30. The molecule has 7 nitrogen and oxygen atoms in total. The summed E-state index contributed by atoms with van der Waals surface area (Å²) in [5.41, 5.74) is 2.16. The van der Waals surface area contributed by atoms with Crippen molar-refractivity contribution < 1.29 is 14.6 Å². The summed E-state index contributed by atoms with van der Waals surface area (Å²) in [6, 6.07) is 10.9. The molecule has 4 rings (SSSR count). The predicted molar refractivity (Wildman–Crippen MR) is 128 cm³/mol. The number of para-hydroxylation sites is 1. The largest absolute Gasteiger partial charge is 0.504 e. The lowest BCUT2D eigenvalue weighted by molar-refractivity contribution is -0.115. The van der Waals surface area contributed by atoms with Crippen LogP contribution in [0.4, 0.5) is 10.8 Å². The number of carbonyl (C=O) groups is 1. The van der Waals surface area contributed by atoms with Crippen LogP contribution in [0.1, 0.15) is 12.5 Å². The van der Waals surface area contributed by atoms with E-state index in [1.165, 1.54) is 41.5 Å². The second-order valence-corrected chi connectivity index (χ2v) is 9.89. The first kappa shape index (κ1) is 21.3. The van der Waals surface area contributed by atoms with Crippen LogP contribution in [0, 0.1) is 0 Å². The fourth-order valence-corrected chi connectivity index (χ4v) is 5.45. The smallest absolute Gasteiger partial charge is 0.239 e. The van der Waals surface area contributed by atoms with E-state index in [9.17, 15) is 9.90 Å². The summed E-state index contributed by atoms with van der Waals surface area (Å²) < 4.78 is 6.90. The van der Waals surface area contributed by atoms with E-state index in [0.717, 1.165) is 20.2 Å². The van der Waals surface area contributed by atoms with E-state index in [1.807, 2.05) is 30.5 Å². The van der Waals surface area contributed by atoms with Gasteiger partial charge in [-0.15, -0.1) is 22.7 Å². The molecule has 0 unspecified atom stereocenters. The van der Waals surface area contributed by atoms with Crippen molar-refractivity contribution in [3.63, 3.8) is 0 Å². The minimum absolute atomic E-state index is 0.0521. The number of nitrogens with zero attached hydrogens (tertiary/aromatic N) is 3. The minimum atomic E-state index is -0.307. The highest BCUT2D eigenvalue weighted by atomic mass is 32.2. The van der Waals surface area contributed by atoms with Gasteiger partial charge < -0.3 is 15.2 Å². The molecule has 0 radical (unpaired) electrons. The van der Waals surface area contributed by atoms with Crippen LogP contribution in [-0.2, 0) is 4.79 Å². The molecular formula is C21H18N4O3S3. The number of phenols is 1. The van der Waals surface area contributed by atoms with Crippen LogP contribution in [-0.4, -0.2) is 39.6 Å². The van der Waals surface area contributed by atoms with Crippen LogP contribution in [0.25, 0.3) is 10.2 Å². The summed E-state index contributed by atoms with van der Waals surface area (Å²) in [4.78, 5) is 25.5. The number of benzene rings is 2. The molecule has 31 heavy (non-hydrogen) atoms. The third kappa shape index (κ3) is 5.04. The van der Waals surface area contributed by atoms with Crippen molar-refractivity contribution in [1.29, 1.82) is 0 Å². The van der Waals surface area contributed by atoms with E-state index < -0.39 is 0 Å². The van der Waals surface area contributed by atoms with Crippen LogP contribution in [0.3, 0.4) is 0 Å². The molecule has 0 aliphatic carbocycles. The number of hydrogen-bond donors (Lipinski definition) is 2. The molecule has 0 saturated carbocycles. The molecule has 0 saturated heterocycles. The molecule has 0 spiro atoms.